The zero-order valence-electron chi connectivity index (χ0n) is 18.4. The summed E-state index contributed by atoms with van der Waals surface area (Å²) in [6.07, 6.45) is 1.73. The van der Waals surface area contributed by atoms with Gasteiger partial charge in [-0.1, -0.05) is 42.5 Å². The lowest BCUT2D eigenvalue weighted by molar-refractivity contribution is -0.120. The third kappa shape index (κ3) is 5.42. The number of methoxy groups -OCH3 is 1. The molecule has 4 rings (SSSR count). The fraction of sp³-hybridized carbons (Fsp3) is 0.115. The zero-order chi connectivity index (χ0) is 23.9. The SMILES string of the molecule is COc1cc(C=NNC(=O)Cc2cccc3ccccc23)ccc1OCc1ccc(C(=O)O)o1. The molecule has 1 aromatic heterocycles. The molecule has 0 aliphatic carbocycles. The van der Waals surface area contributed by atoms with E-state index in [1.807, 2.05) is 42.5 Å². The molecule has 0 saturated carbocycles. The van der Waals surface area contributed by atoms with Gasteiger partial charge in [0.15, 0.2) is 11.5 Å². The van der Waals surface area contributed by atoms with E-state index in [0.717, 1.165) is 16.3 Å². The van der Waals surface area contributed by atoms with Crippen molar-refractivity contribution in [3.8, 4) is 11.5 Å². The minimum atomic E-state index is -1.14. The van der Waals surface area contributed by atoms with E-state index in [2.05, 4.69) is 10.5 Å². The number of hydrogen-bond donors (Lipinski definition) is 2. The molecule has 172 valence electrons. The minimum absolute atomic E-state index is 0.0430. The van der Waals surface area contributed by atoms with Crippen LogP contribution in [0, 0.1) is 0 Å². The highest BCUT2D eigenvalue weighted by molar-refractivity contribution is 5.90. The Morgan fingerprint density at radius 1 is 1.03 bits per heavy atom. The summed E-state index contributed by atoms with van der Waals surface area (Å²) in [4.78, 5) is 23.3. The molecule has 0 atom stereocenters. The molecule has 1 amide bonds. The maximum absolute atomic E-state index is 12.4. The van der Waals surface area contributed by atoms with Crippen LogP contribution in [0.15, 0.2) is 82.3 Å². The summed E-state index contributed by atoms with van der Waals surface area (Å²) in [7, 11) is 1.50. The summed E-state index contributed by atoms with van der Waals surface area (Å²) in [5, 5.41) is 15.1. The van der Waals surface area contributed by atoms with Gasteiger partial charge in [-0.3, -0.25) is 4.79 Å². The van der Waals surface area contributed by atoms with Crippen LogP contribution in [0.3, 0.4) is 0 Å². The van der Waals surface area contributed by atoms with Crippen molar-refractivity contribution in [2.75, 3.05) is 7.11 Å². The second-order valence-corrected chi connectivity index (χ2v) is 7.38. The number of fused-ring (bicyclic) bond motifs is 1. The van der Waals surface area contributed by atoms with Gasteiger partial charge in [-0.05, 0) is 52.2 Å². The number of hydrogen-bond acceptors (Lipinski definition) is 6. The van der Waals surface area contributed by atoms with Crippen LogP contribution >= 0.6 is 0 Å². The zero-order valence-corrected chi connectivity index (χ0v) is 18.4. The standard InChI is InChI=1S/C26H22N2O6/c1-32-24-13-17(9-11-22(24)33-16-20-10-12-23(34-20)26(30)31)15-27-28-25(29)14-19-7-4-6-18-5-2-3-8-21(18)19/h2-13,15H,14,16H2,1H3,(H,28,29)(H,30,31). The number of furan rings is 1. The maximum atomic E-state index is 12.4. The third-order valence-electron chi connectivity index (χ3n) is 5.06. The van der Waals surface area contributed by atoms with Crippen LogP contribution in [-0.4, -0.2) is 30.3 Å². The number of nitrogens with zero attached hydrogens (tertiary/aromatic N) is 1. The van der Waals surface area contributed by atoms with Crippen LogP contribution < -0.4 is 14.9 Å². The molecule has 0 unspecified atom stereocenters. The smallest absolute Gasteiger partial charge is 0.371 e. The number of carboxylic acid groups (broad SMARTS) is 1. The first-order chi connectivity index (χ1) is 16.5. The summed E-state index contributed by atoms with van der Waals surface area (Å²) in [6, 6.07) is 21.9. The van der Waals surface area contributed by atoms with Gasteiger partial charge in [-0.2, -0.15) is 5.10 Å². The molecule has 0 fully saturated rings. The summed E-state index contributed by atoms with van der Waals surface area (Å²) in [5.41, 5.74) is 4.18. The van der Waals surface area contributed by atoms with Crippen molar-refractivity contribution < 1.29 is 28.6 Å². The molecular formula is C26H22N2O6. The van der Waals surface area contributed by atoms with Crippen molar-refractivity contribution in [2.24, 2.45) is 5.10 Å². The highest BCUT2D eigenvalue weighted by Gasteiger charge is 2.11. The Hall–Kier alpha value is -4.59. The fourth-order valence-corrected chi connectivity index (χ4v) is 3.44. The Bertz CT molecular complexity index is 1350. The van der Waals surface area contributed by atoms with E-state index >= 15 is 0 Å². The number of nitrogens with one attached hydrogen (secondary N) is 1. The van der Waals surface area contributed by atoms with E-state index in [4.69, 9.17) is 19.0 Å². The Labute approximate surface area is 195 Å². The van der Waals surface area contributed by atoms with Gasteiger partial charge in [0.1, 0.15) is 12.4 Å². The molecule has 0 bridgehead atoms. The second-order valence-electron chi connectivity index (χ2n) is 7.38. The molecule has 3 aromatic carbocycles. The summed E-state index contributed by atoms with van der Waals surface area (Å²) < 4.78 is 16.2. The number of carbonyl (C=O) groups excluding carboxylic acids is 1. The fourth-order valence-electron chi connectivity index (χ4n) is 3.44. The molecule has 4 aromatic rings. The molecule has 0 saturated heterocycles. The lowest BCUT2D eigenvalue weighted by atomic mass is 10.0. The monoisotopic (exact) mass is 458 g/mol. The van der Waals surface area contributed by atoms with Gasteiger partial charge in [0.25, 0.3) is 0 Å². The van der Waals surface area contributed by atoms with Crippen molar-refractivity contribution in [1.82, 2.24) is 5.43 Å². The Morgan fingerprint density at radius 2 is 1.85 bits per heavy atom. The van der Waals surface area contributed by atoms with Gasteiger partial charge in [0, 0.05) is 0 Å². The van der Waals surface area contributed by atoms with Crippen molar-refractivity contribution >= 4 is 28.9 Å². The summed E-state index contributed by atoms with van der Waals surface area (Å²) >= 11 is 0. The average Bonchev–Trinajstić information content (AvgIpc) is 3.33. The van der Waals surface area contributed by atoms with Gasteiger partial charge in [-0.15, -0.1) is 0 Å². The Balaban J connectivity index is 1.36. The quantitative estimate of drug-likeness (QED) is 0.284. The lowest BCUT2D eigenvalue weighted by Crippen LogP contribution is -2.19. The van der Waals surface area contributed by atoms with Gasteiger partial charge >= 0.3 is 5.97 Å². The van der Waals surface area contributed by atoms with Crippen LogP contribution in [0.2, 0.25) is 0 Å². The molecule has 34 heavy (non-hydrogen) atoms. The van der Waals surface area contributed by atoms with Crippen LogP contribution in [0.1, 0.15) is 27.4 Å². The Morgan fingerprint density at radius 3 is 2.65 bits per heavy atom. The molecule has 2 N–H and O–H groups in total. The molecule has 0 aliphatic heterocycles. The second kappa shape index (κ2) is 10.4. The Kier molecular flexibility index (Phi) is 6.88. The van der Waals surface area contributed by atoms with Crippen LogP contribution in [0.5, 0.6) is 11.5 Å². The highest BCUT2D eigenvalue weighted by Crippen LogP contribution is 2.28. The maximum Gasteiger partial charge on any atom is 0.371 e. The molecule has 8 heteroatoms. The molecule has 1 heterocycles. The minimum Gasteiger partial charge on any atom is -0.493 e. The molecule has 8 nitrogen and oxygen atoms in total. The lowest BCUT2D eigenvalue weighted by Gasteiger charge is -2.10. The number of aromatic carboxylic acids is 1. The van der Waals surface area contributed by atoms with Crippen molar-refractivity contribution in [3.63, 3.8) is 0 Å². The van der Waals surface area contributed by atoms with E-state index in [1.165, 1.54) is 25.5 Å². The van der Waals surface area contributed by atoms with Gasteiger partial charge < -0.3 is 19.0 Å². The normalized spacial score (nSPS) is 11.0. The van der Waals surface area contributed by atoms with Gasteiger partial charge in [0.05, 0.1) is 19.7 Å². The van der Waals surface area contributed by atoms with Crippen molar-refractivity contribution in [2.45, 2.75) is 13.0 Å². The number of ether oxygens (including phenoxy) is 2. The predicted molar refractivity (Wildman–Crippen MR) is 126 cm³/mol. The number of benzene rings is 3. The van der Waals surface area contributed by atoms with E-state index in [1.54, 1.807) is 18.2 Å². The summed E-state index contributed by atoms with van der Waals surface area (Å²) in [6.45, 7) is 0.0430. The predicted octanol–water partition coefficient (Wildman–Crippen LogP) is 4.41. The van der Waals surface area contributed by atoms with Gasteiger partial charge in [-0.25, -0.2) is 10.2 Å². The number of carboxylic acids is 1. The van der Waals surface area contributed by atoms with Crippen LogP contribution in [0.4, 0.5) is 0 Å². The van der Waals surface area contributed by atoms with Crippen molar-refractivity contribution in [1.29, 1.82) is 0 Å². The first kappa shape index (κ1) is 22.6. The number of amides is 1. The van der Waals surface area contributed by atoms with Gasteiger partial charge in [0.2, 0.25) is 11.7 Å². The number of hydrazone groups is 1. The number of rotatable bonds is 9. The molecule has 0 spiro atoms. The summed E-state index contributed by atoms with van der Waals surface area (Å²) in [5.74, 6) is -0.238. The van der Waals surface area contributed by atoms with E-state index in [9.17, 15) is 9.59 Å². The molecular weight excluding hydrogens is 436 g/mol. The van der Waals surface area contributed by atoms with E-state index in [-0.39, 0.29) is 24.7 Å². The van der Waals surface area contributed by atoms with Crippen LogP contribution in [0.25, 0.3) is 10.8 Å². The van der Waals surface area contributed by atoms with E-state index < -0.39 is 5.97 Å². The average molecular weight is 458 g/mol. The van der Waals surface area contributed by atoms with Crippen molar-refractivity contribution in [3.05, 3.63) is 95.4 Å². The topological polar surface area (TPSA) is 110 Å². The first-order valence-corrected chi connectivity index (χ1v) is 10.4. The molecule has 0 aliphatic rings. The third-order valence-corrected chi connectivity index (χ3v) is 5.06. The molecule has 0 radical (unpaired) electrons. The number of carbonyl (C=O) groups is 2. The van der Waals surface area contributed by atoms with Crippen LogP contribution in [-0.2, 0) is 17.8 Å². The largest absolute Gasteiger partial charge is 0.493 e. The van der Waals surface area contributed by atoms with E-state index in [0.29, 0.717) is 22.8 Å². The highest BCUT2D eigenvalue weighted by atomic mass is 16.5. The first-order valence-electron chi connectivity index (χ1n) is 10.4.